The number of carbonyl (C=O) groups excluding carboxylic acids is 1. The number of hydrogen-bond donors (Lipinski definition) is 1. The van der Waals surface area contributed by atoms with Crippen LogP contribution in [0.2, 0.25) is 5.02 Å². The van der Waals surface area contributed by atoms with E-state index in [-0.39, 0.29) is 16.3 Å². The Morgan fingerprint density at radius 3 is 2.38 bits per heavy atom. The molecule has 0 heterocycles. The Morgan fingerprint density at radius 1 is 1.44 bits per heavy atom. The van der Waals surface area contributed by atoms with Gasteiger partial charge in [-0.1, -0.05) is 11.6 Å². The third-order valence-electron chi connectivity index (χ3n) is 1.75. The van der Waals surface area contributed by atoms with E-state index in [1.54, 1.807) is 0 Å². The monoisotopic (exact) mass is 283 g/mol. The predicted molar refractivity (Wildman–Crippen MR) is 59.6 cm³/mol. The van der Waals surface area contributed by atoms with Crippen LogP contribution >= 0.6 is 22.3 Å². The lowest BCUT2D eigenvalue weighted by Gasteiger charge is -2.10. The summed E-state index contributed by atoms with van der Waals surface area (Å²) in [6.45, 7) is 0. The van der Waals surface area contributed by atoms with E-state index >= 15 is 0 Å². The fraction of sp³-hybridized carbons (Fsp3) is 0.125. The smallest absolute Gasteiger partial charge is 0.265 e. The number of ether oxygens (including phenoxy) is 1. The Hall–Kier alpha value is -0.980. The summed E-state index contributed by atoms with van der Waals surface area (Å²) >= 11 is 5.64. The zero-order valence-corrected chi connectivity index (χ0v) is 10.4. The summed E-state index contributed by atoms with van der Waals surface area (Å²) in [6, 6.07) is 2.28. The first-order valence-corrected chi connectivity index (χ1v) is 6.58. The second kappa shape index (κ2) is 4.48. The molecule has 0 aliphatic heterocycles. The van der Waals surface area contributed by atoms with Gasteiger partial charge in [0.2, 0.25) is 0 Å². The van der Waals surface area contributed by atoms with Crippen molar-refractivity contribution in [2.24, 2.45) is 5.73 Å². The van der Waals surface area contributed by atoms with Crippen molar-refractivity contribution >= 4 is 37.2 Å². The van der Waals surface area contributed by atoms with Crippen LogP contribution in [0.15, 0.2) is 17.0 Å². The summed E-state index contributed by atoms with van der Waals surface area (Å²) in [4.78, 5) is 10.7. The van der Waals surface area contributed by atoms with Gasteiger partial charge in [0.25, 0.3) is 15.0 Å². The molecule has 1 rings (SSSR count). The van der Waals surface area contributed by atoms with E-state index in [0.717, 1.165) is 6.07 Å². The fourth-order valence-electron chi connectivity index (χ4n) is 1.14. The maximum Gasteiger partial charge on any atom is 0.265 e. The first-order chi connectivity index (χ1) is 7.27. The predicted octanol–water partition coefficient (Wildman–Crippen LogP) is 1.38. The maximum absolute atomic E-state index is 11.2. The maximum atomic E-state index is 11.2. The van der Waals surface area contributed by atoms with E-state index in [4.69, 9.17) is 32.8 Å². The van der Waals surface area contributed by atoms with Gasteiger partial charge in [0, 0.05) is 15.7 Å². The molecule has 0 bridgehead atoms. The lowest BCUT2D eigenvalue weighted by molar-refractivity contribution is 0.0997. The van der Waals surface area contributed by atoms with Crippen molar-refractivity contribution in [3.63, 3.8) is 0 Å². The molecular weight excluding hydrogens is 277 g/mol. The van der Waals surface area contributed by atoms with Crippen molar-refractivity contribution in [2.45, 2.75) is 4.90 Å². The number of primary amides is 1. The molecule has 0 aliphatic rings. The van der Waals surface area contributed by atoms with Gasteiger partial charge in [0.15, 0.2) is 5.75 Å². The zero-order valence-electron chi connectivity index (χ0n) is 8.03. The van der Waals surface area contributed by atoms with Crippen LogP contribution in [-0.2, 0) is 9.05 Å². The number of rotatable bonds is 3. The minimum atomic E-state index is -4.07. The molecule has 1 amide bonds. The molecule has 0 aromatic heterocycles. The van der Waals surface area contributed by atoms with Crippen molar-refractivity contribution in [3.05, 3.63) is 22.7 Å². The first-order valence-electron chi connectivity index (χ1n) is 3.89. The molecule has 0 atom stereocenters. The van der Waals surface area contributed by atoms with Gasteiger partial charge < -0.3 is 10.5 Å². The minimum absolute atomic E-state index is 0.0221. The number of hydrogen-bond acceptors (Lipinski definition) is 4. The van der Waals surface area contributed by atoms with Crippen LogP contribution in [0, 0.1) is 0 Å². The van der Waals surface area contributed by atoms with Crippen LogP contribution in [0.1, 0.15) is 10.4 Å². The Labute approximate surface area is 102 Å². The summed E-state index contributed by atoms with van der Waals surface area (Å²) < 4.78 is 27.2. The largest absolute Gasteiger partial charge is 0.494 e. The van der Waals surface area contributed by atoms with Gasteiger partial charge in [-0.15, -0.1) is 0 Å². The van der Waals surface area contributed by atoms with Crippen molar-refractivity contribution in [1.29, 1.82) is 0 Å². The molecule has 0 aliphatic carbocycles. The molecule has 5 nitrogen and oxygen atoms in total. The van der Waals surface area contributed by atoms with E-state index in [9.17, 15) is 13.2 Å². The van der Waals surface area contributed by atoms with Gasteiger partial charge in [-0.05, 0) is 12.1 Å². The molecule has 0 fully saturated rings. The number of methoxy groups -OCH3 is 1. The van der Waals surface area contributed by atoms with Crippen molar-refractivity contribution in [1.82, 2.24) is 0 Å². The van der Waals surface area contributed by atoms with E-state index in [1.807, 2.05) is 0 Å². The molecule has 1 aromatic rings. The van der Waals surface area contributed by atoms with Gasteiger partial charge in [-0.2, -0.15) is 0 Å². The van der Waals surface area contributed by atoms with Gasteiger partial charge in [0.05, 0.1) is 12.7 Å². The molecule has 16 heavy (non-hydrogen) atoms. The molecule has 0 saturated carbocycles. The molecule has 8 heteroatoms. The van der Waals surface area contributed by atoms with E-state index in [0.29, 0.717) is 0 Å². The Bertz CT molecular complexity index is 541. The van der Waals surface area contributed by atoms with Crippen molar-refractivity contribution < 1.29 is 17.9 Å². The van der Waals surface area contributed by atoms with Crippen LogP contribution in [0.5, 0.6) is 5.75 Å². The zero-order chi connectivity index (χ0) is 12.5. The quantitative estimate of drug-likeness (QED) is 0.849. The highest BCUT2D eigenvalue weighted by Crippen LogP contribution is 2.33. The normalized spacial score (nSPS) is 11.2. The van der Waals surface area contributed by atoms with Crippen LogP contribution in [-0.4, -0.2) is 21.4 Å². The number of halogens is 2. The highest BCUT2D eigenvalue weighted by atomic mass is 35.7. The topological polar surface area (TPSA) is 86.5 Å². The van der Waals surface area contributed by atoms with Gasteiger partial charge >= 0.3 is 0 Å². The Kier molecular flexibility index (Phi) is 3.67. The number of amides is 1. The molecule has 0 spiro atoms. The standard InChI is InChI=1S/C8H7Cl2NO4S/c1-15-7-5(8(11)12)2-4(9)3-6(7)16(10,13)14/h2-3H,1H3,(H2,11,12). The summed E-state index contributed by atoms with van der Waals surface area (Å²) in [5, 5.41) is 0.0221. The lowest BCUT2D eigenvalue weighted by Crippen LogP contribution is -2.14. The van der Waals surface area contributed by atoms with Gasteiger partial charge in [-0.25, -0.2) is 8.42 Å². The van der Waals surface area contributed by atoms with E-state index < -0.39 is 19.9 Å². The number of carbonyl (C=O) groups is 1. The van der Waals surface area contributed by atoms with Crippen LogP contribution in [0.25, 0.3) is 0 Å². The number of nitrogens with two attached hydrogens (primary N) is 1. The SMILES string of the molecule is COc1c(C(N)=O)cc(Cl)cc1S(=O)(=O)Cl. The summed E-state index contributed by atoms with van der Waals surface area (Å²) in [7, 11) is 2.30. The van der Waals surface area contributed by atoms with Gasteiger partial charge in [-0.3, -0.25) is 4.79 Å². The average molecular weight is 284 g/mol. The molecule has 2 N–H and O–H groups in total. The second-order valence-corrected chi connectivity index (χ2v) is 5.76. The van der Waals surface area contributed by atoms with Crippen molar-refractivity contribution in [2.75, 3.05) is 7.11 Å². The van der Waals surface area contributed by atoms with E-state index in [1.165, 1.54) is 13.2 Å². The summed E-state index contributed by atoms with van der Waals surface area (Å²) in [5.74, 6) is -1.08. The first kappa shape index (κ1) is 13.1. The highest BCUT2D eigenvalue weighted by molar-refractivity contribution is 8.13. The van der Waals surface area contributed by atoms with E-state index in [2.05, 4.69) is 0 Å². The third kappa shape index (κ3) is 2.58. The van der Waals surface area contributed by atoms with Crippen LogP contribution in [0.3, 0.4) is 0 Å². The number of benzene rings is 1. The lowest BCUT2D eigenvalue weighted by atomic mass is 10.2. The minimum Gasteiger partial charge on any atom is -0.494 e. The third-order valence-corrected chi connectivity index (χ3v) is 3.30. The van der Waals surface area contributed by atoms with Gasteiger partial charge in [0.1, 0.15) is 4.90 Å². The molecule has 1 aromatic carbocycles. The fourth-order valence-corrected chi connectivity index (χ4v) is 2.45. The summed E-state index contributed by atoms with van der Waals surface area (Å²) in [6.07, 6.45) is 0. The van der Waals surface area contributed by atoms with Crippen molar-refractivity contribution in [3.8, 4) is 5.75 Å². The van der Waals surface area contributed by atoms with Crippen LogP contribution < -0.4 is 10.5 Å². The summed E-state index contributed by atoms with van der Waals surface area (Å²) in [5.41, 5.74) is 4.91. The second-order valence-electron chi connectivity index (χ2n) is 2.79. The Morgan fingerprint density at radius 2 is 2.00 bits per heavy atom. The average Bonchev–Trinajstić information content (AvgIpc) is 2.14. The molecule has 0 unspecified atom stereocenters. The van der Waals surface area contributed by atoms with Crippen LogP contribution in [0.4, 0.5) is 0 Å². The molecule has 0 saturated heterocycles. The Balaban J connectivity index is 3.68. The molecule has 88 valence electrons. The molecular formula is C8H7Cl2NO4S. The molecule has 0 radical (unpaired) electrons. The highest BCUT2D eigenvalue weighted by Gasteiger charge is 2.23.